The molecule has 0 amide bonds. The van der Waals surface area contributed by atoms with E-state index >= 15 is 0 Å². The van der Waals surface area contributed by atoms with Gasteiger partial charge in [-0.3, -0.25) is 5.10 Å². The molecule has 104 valence electrons. The number of aryl methyl sites for hydroxylation is 1. The molecule has 0 spiro atoms. The van der Waals surface area contributed by atoms with Crippen molar-refractivity contribution in [1.29, 1.82) is 0 Å². The first-order chi connectivity index (χ1) is 10.3. The SMILES string of the molecule is CCc1nc2n[nH]cc2c2nc(-c3ccc(Cl)cc3)nn12. The van der Waals surface area contributed by atoms with E-state index in [1.807, 2.05) is 31.2 Å². The highest BCUT2D eigenvalue weighted by atomic mass is 35.5. The van der Waals surface area contributed by atoms with Crippen molar-refractivity contribution in [2.75, 3.05) is 0 Å². The Labute approximate surface area is 124 Å². The molecule has 0 unspecified atom stereocenters. The molecule has 0 saturated heterocycles. The van der Waals surface area contributed by atoms with E-state index in [9.17, 15) is 0 Å². The average molecular weight is 299 g/mol. The molecule has 0 radical (unpaired) electrons. The Morgan fingerprint density at radius 1 is 1.19 bits per heavy atom. The summed E-state index contributed by atoms with van der Waals surface area (Å²) >= 11 is 5.92. The lowest BCUT2D eigenvalue weighted by atomic mass is 10.2. The van der Waals surface area contributed by atoms with Crippen molar-refractivity contribution in [3.8, 4) is 11.4 Å². The summed E-state index contributed by atoms with van der Waals surface area (Å²) in [6.45, 7) is 2.03. The number of aromatic amines is 1. The van der Waals surface area contributed by atoms with Crippen LogP contribution in [0.25, 0.3) is 28.1 Å². The van der Waals surface area contributed by atoms with Crippen molar-refractivity contribution in [1.82, 2.24) is 29.8 Å². The largest absolute Gasteiger partial charge is 0.283 e. The maximum Gasteiger partial charge on any atom is 0.186 e. The number of aromatic nitrogens is 6. The molecule has 7 heteroatoms. The van der Waals surface area contributed by atoms with Crippen LogP contribution in [-0.2, 0) is 6.42 Å². The zero-order valence-electron chi connectivity index (χ0n) is 11.2. The molecule has 0 bridgehead atoms. The van der Waals surface area contributed by atoms with Crippen LogP contribution < -0.4 is 0 Å². The van der Waals surface area contributed by atoms with Crippen LogP contribution >= 0.6 is 11.6 Å². The first-order valence-corrected chi connectivity index (χ1v) is 6.99. The standard InChI is InChI=1S/C14H11ClN6/c1-2-11-17-13-10(7-16-19-13)14-18-12(20-21(11)14)8-3-5-9(15)6-4-8/h3-7H,2H2,1H3,(H,16,19). The number of hydrogen-bond acceptors (Lipinski definition) is 4. The van der Waals surface area contributed by atoms with Gasteiger partial charge in [0.2, 0.25) is 0 Å². The predicted molar refractivity (Wildman–Crippen MR) is 80.3 cm³/mol. The molecule has 0 saturated carbocycles. The molecule has 3 heterocycles. The minimum atomic E-state index is 0.650. The fourth-order valence-corrected chi connectivity index (χ4v) is 2.44. The van der Waals surface area contributed by atoms with Crippen molar-refractivity contribution in [3.63, 3.8) is 0 Å². The van der Waals surface area contributed by atoms with Crippen molar-refractivity contribution in [3.05, 3.63) is 41.3 Å². The second-order valence-corrected chi connectivity index (χ2v) is 5.12. The van der Waals surface area contributed by atoms with E-state index in [1.165, 1.54) is 0 Å². The Bertz CT molecular complexity index is 937. The second kappa shape index (κ2) is 4.53. The highest BCUT2D eigenvalue weighted by molar-refractivity contribution is 6.30. The first-order valence-electron chi connectivity index (χ1n) is 6.61. The summed E-state index contributed by atoms with van der Waals surface area (Å²) < 4.78 is 1.78. The van der Waals surface area contributed by atoms with Gasteiger partial charge >= 0.3 is 0 Å². The molecule has 4 aromatic rings. The maximum atomic E-state index is 5.92. The molecule has 21 heavy (non-hydrogen) atoms. The number of nitrogens with one attached hydrogen (secondary N) is 1. The van der Waals surface area contributed by atoms with Gasteiger partial charge in [0.25, 0.3) is 0 Å². The van der Waals surface area contributed by atoms with Crippen LogP contribution in [0.2, 0.25) is 5.02 Å². The van der Waals surface area contributed by atoms with Gasteiger partial charge in [-0.05, 0) is 24.3 Å². The molecule has 1 aromatic carbocycles. The lowest BCUT2D eigenvalue weighted by Gasteiger charge is -1.99. The van der Waals surface area contributed by atoms with E-state index in [2.05, 4.69) is 25.3 Å². The van der Waals surface area contributed by atoms with Gasteiger partial charge in [0.15, 0.2) is 17.1 Å². The van der Waals surface area contributed by atoms with Crippen LogP contribution in [-0.4, -0.2) is 29.8 Å². The predicted octanol–water partition coefficient (Wildman–Crippen LogP) is 2.88. The smallest absolute Gasteiger partial charge is 0.186 e. The van der Waals surface area contributed by atoms with Gasteiger partial charge in [-0.15, -0.1) is 5.10 Å². The van der Waals surface area contributed by atoms with E-state index < -0.39 is 0 Å². The third-order valence-corrected chi connectivity index (χ3v) is 3.62. The third kappa shape index (κ3) is 1.87. The topological polar surface area (TPSA) is 71.8 Å². The van der Waals surface area contributed by atoms with Gasteiger partial charge in [-0.1, -0.05) is 18.5 Å². The van der Waals surface area contributed by atoms with Crippen molar-refractivity contribution in [2.45, 2.75) is 13.3 Å². The summed E-state index contributed by atoms with van der Waals surface area (Å²) in [4.78, 5) is 9.13. The minimum absolute atomic E-state index is 0.650. The lowest BCUT2D eigenvalue weighted by molar-refractivity contribution is 0.823. The Kier molecular flexibility index (Phi) is 2.65. The van der Waals surface area contributed by atoms with E-state index in [0.29, 0.717) is 16.5 Å². The number of hydrogen-bond donors (Lipinski definition) is 1. The summed E-state index contributed by atoms with van der Waals surface area (Å²) in [5.41, 5.74) is 2.34. The molecule has 6 nitrogen and oxygen atoms in total. The average Bonchev–Trinajstić information content (AvgIpc) is 3.12. The van der Waals surface area contributed by atoms with Crippen LogP contribution in [0, 0.1) is 0 Å². The third-order valence-electron chi connectivity index (χ3n) is 3.37. The van der Waals surface area contributed by atoms with E-state index in [-0.39, 0.29) is 0 Å². The Hall–Kier alpha value is -2.47. The van der Waals surface area contributed by atoms with Gasteiger partial charge in [-0.2, -0.15) is 9.61 Å². The molecule has 0 aliphatic rings. The molecule has 0 aliphatic heterocycles. The van der Waals surface area contributed by atoms with Crippen LogP contribution in [0.1, 0.15) is 12.7 Å². The van der Waals surface area contributed by atoms with Gasteiger partial charge in [-0.25, -0.2) is 9.97 Å². The van der Waals surface area contributed by atoms with Crippen molar-refractivity contribution >= 4 is 28.3 Å². The van der Waals surface area contributed by atoms with Crippen LogP contribution in [0.4, 0.5) is 0 Å². The van der Waals surface area contributed by atoms with Gasteiger partial charge in [0, 0.05) is 23.2 Å². The van der Waals surface area contributed by atoms with Gasteiger partial charge < -0.3 is 0 Å². The van der Waals surface area contributed by atoms with Crippen LogP contribution in [0.5, 0.6) is 0 Å². The van der Waals surface area contributed by atoms with E-state index in [1.54, 1.807) is 10.7 Å². The molecular formula is C14H11ClN6. The zero-order valence-corrected chi connectivity index (χ0v) is 12.0. The number of H-pyrrole nitrogens is 1. The monoisotopic (exact) mass is 298 g/mol. The summed E-state index contributed by atoms with van der Waals surface area (Å²) in [5.74, 6) is 1.48. The van der Waals surface area contributed by atoms with E-state index in [4.69, 9.17) is 11.6 Å². The number of benzene rings is 1. The zero-order chi connectivity index (χ0) is 14.4. The maximum absolute atomic E-state index is 5.92. The summed E-state index contributed by atoms with van der Waals surface area (Å²) in [6.07, 6.45) is 2.54. The Morgan fingerprint density at radius 3 is 2.76 bits per heavy atom. The Morgan fingerprint density at radius 2 is 2.00 bits per heavy atom. The van der Waals surface area contributed by atoms with Gasteiger partial charge in [0.1, 0.15) is 5.82 Å². The molecule has 3 aromatic heterocycles. The number of nitrogens with zero attached hydrogens (tertiary/aromatic N) is 5. The number of fused-ring (bicyclic) bond motifs is 3. The van der Waals surface area contributed by atoms with Crippen molar-refractivity contribution < 1.29 is 0 Å². The van der Waals surface area contributed by atoms with Crippen LogP contribution in [0.3, 0.4) is 0 Å². The molecule has 0 aliphatic carbocycles. The minimum Gasteiger partial charge on any atom is -0.283 e. The van der Waals surface area contributed by atoms with Crippen molar-refractivity contribution in [2.24, 2.45) is 0 Å². The molecular weight excluding hydrogens is 288 g/mol. The summed E-state index contributed by atoms with van der Waals surface area (Å²) in [7, 11) is 0. The fourth-order valence-electron chi connectivity index (χ4n) is 2.32. The molecule has 0 atom stereocenters. The molecule has 1 N–H and O–H groups in total. The summed E-state index contributed by atoms with van der Waals surface area (Å²) in [6, 6.07) is 7.47. The second-order valence-electron chi connectivity index (χ2n) is 4.68. The molecule has 0 fully saturated rings. The van der Waals surface area contributed by atoms with Crippen LogP contribution in [0.15, 0.2) is 30.5 Å². The highest BCUT2D eigenvalue weighted by Crippen LogP contribution is 2.22. The normalized spacial score (nSPS) is 11.5. The lowest BCUT2D eigenvalue weighted by Crippen LogP contribution is -2.01. The first kappa shape index (κ1) is 12.3. The summed E-state index contributed by atoms with van der Waals surface area (Å²) in [5, 5.41) is 13.1. The Balaban J connectivity index is 2.02. The number of rotatable bonds is 2. The highest BCUT2D eigenvalue weighted by Gasteiger charge is 2.14. The fraction of sp³-hybridized carbons (Fsp3) is 0.143. The number of halogens is 1. The quantitative estimate of drug-likeness (QED) is 0.617. The van der Waals surface area contributed by atoms with Gasteiger partial charge in [0.05, 0.1) is 5.39 Å². The molecule has 4 rings (SSSR count). The van der Waals surface area contributed by atoms with E-state index in [0.717, 1.165) is 28.8 Å².